The van der Waals surface area contributed by atoms with Crippen molar-refractivity contribution in [3.63, 3.8) is 0 Å². The minimum atomic E-state index is -1.11. The predicted octanol–water partition coefficient (Wildman–Crippen LogP) is 3.66. The Balaban J connectivity index is 2.77. The van der Waals surface area contributed by atoms with Crippen LogP contribution >= 0.6 is 0 Å². The van der Waals surface area contributed by atoms with Gasteiger partial charge in [-0.1, -0.05) is 44.4 Å². The van der Waals surface area contributed by atoms with Crippen LogP contribution in [0.2, 0.25) is 0 Å². The van der Waals surface area contributed by atoms with E-state index in [1.165, 1.54) is 13.5 Å². The second-order valence-corrected chi connectivity index (χ2v) is 8.97. The topological polar surface area (TPSA) is 55.4 Å². The molecule has 0 radical (unpaired) electrons. The minimum absolute atomic E-state index is 0.0662. The summed E-state index contributed by atoms with van der Waals surface area (Å²) in [5.41, 5.74) is 1.12. The zero-order chi connectivity index (χ0) is 17.5. The molecule has 0 aliphatic heterocycles. The van der Waals surface area contributed by atoms with Crippen molar-refractivity contribution < 1.29 is 13.7 Å². The average Bonchev–Trinajstić information content (AvgIpc) is 2.52. The molecular weight excluding hydrogens is 310 g/mol. The zero-order valence-corrected chi connectivity index (χ0v) is 15.9. The quantitative estimate of drug-likeness (QED) is 0.541. The van der Waals surface area contributed by atoms with Crippen molar-refractivity contribution >= 4 is 17.0 Å². The Morgan fingerprint density at radius 3 is 2.61 bits per heavy atom. The van der Waals surface area contributed by atoms with Gasteiger partial charge in [0.25, 0.3) is 0 Å². The average molecular weight is 342 g/mol. The number of carbonyl (C=O) groups is 1. The van der Waals surface area contributed by atoms with Crippen molar-refractivity contribution in [3.05, 3.63) is 23.8 Å². The molecule has 0 aromatic rings. The lowest BCUT2D eigenvalue weighted by atomic mass is 9.91. The summed E-state index contributed by atoms with van der Waals surface area (Å²) in [5.74, 6) is -0.404. The first-order valence-corrected chi connectivity index (χ1v) is 9.58. The number of carbonyl (C=O) groups excluding carboxylic acids is 1. The summed E-state index contributed by atoms with van der Waals surface area (Å²) in [5, 5.41) is 0. The molecule has 0 fully saturated rings. The molecule has 132 valence electrons. The van der Waals surface area contributed by atoms with Crippen LogP contribution in [0.15, 0.2) is 23.8 Å². The summed E-state index contributed by atoms with van der Waals surface area (Å²) >= 11 is 0. The van der Waals surface area contributed by atoms with E-state index in [1.807, 2.05) is 32.9 Å². The van der Waals surface area contributed by atoms with Crippen LogP contribution in [-0.2, 0) is 20.5 Å². The van der Waals surface area contributed by atoms with E-state index in [4.69, 9.17) is 4.74 Å². The highest BCUT2D eigenvalue weighted by atomic mass is 32.2. The molecule has 4 nitrogen and oxygen atoms in total. The molecule has 1 rings (SSSR count). The highest BCUT2D eigenvalue weighted by Crippen LogP contribution is 2.23. The number of ether oxygens (including phenoxy) is 1. The second kappa shape index (κ2) is 9.38. The molecule has 0 saturated carbocycles. The van der Waals surface area contributed by atoms with Crippen LogP contribution in [0.5, 0.6) is 0 Å². The van der Waals surface area contributed by atoms with E-state index in [9.17, 15) is 9.00 Å². The van der Waals surface area contributed by atoms with Gasteiger partial charge >= 0.3 is 5.97 Å². The third-order valence-electron chi connectivity index (χ3n) is 3.94. The number of unbranched alkanes of at least 4 members (excludes halogenated alkanes) is 2. The third-order valence-corrected chi connectivity index (χ3v) is 5.55. The monoisotopic (exact) mass is 341 g/mol. The summed E-state index contributed by atoms with van der Waals surface area (Å²) in [7, 11) is 0.304. The lowest BCUT2D eigenvalue weighted by Gasteiger charge is -2.27. The van der Waals surface area contributed by atoms with Crippen LogP contribution in [0.1, 0.15) is 59.8 Å². The first-order valence-electron chi connectivity index (χ1n) is 8.43. The van der Waals surface area contributed by atoms with Crippen molar-refractivity contribution in [2.24, 2.45) is 5.92 Å². The second-order valence-electron chi connectivity index (χ2n) is 6.98. The Hall–Kier alpha value is -0.940. The molecule has 5 heteroatoms. The number of methoxy groups -OCH3 is 1. The summed E-state index contributed by atoms with van der Waals surface area (Å²) < 4.78 is 20.2. The van der Waals surface area contributed by atoms with Crippen molar-refractivity contribution in [2.45, 2.75) is 70.6 Å². The molecule has 0 bridgehead atoms. The van der Waals surface area contributed by atoms with E-state index in [-0.39, 0.29) is 22.7 Å². The van der Waals surface area contributed by atoms with Gasteiger partial charge in [0.15, 0.2) is 0 Å². The largest absolute Gasteiger partial charge is 0.469 e. The van der Waals surface area contributed by atoms with Crippen LogP contribution in [0.25, 0.3) is 0 Å². The van der Waals surface area contributed by atoms with Crippen LogP contribution in [-0.4, -0.2) is 28.1 Å². The third kappa shape index (κ3) is 6.60. The maximum absolute atomic E-state index is 12.4. The van der Waals surface area contributed by atoms with Gasteiger partial charge in [0, 0.05) is 6.04 Å². The maximum atomic E-state index is 12.4. The van der Waals surface area contributed by atoms with E-state index >= 15 is 0 Å². The van der Waals surface area contributed by atoms with Crippen molar-refractivity contribution in [2.75, 3.05) is 7.11 Å². The van der Waals surface area contributed by atoms with Gasteiger partial charge in [-0.25, -0.2) is 8.93 Å². The Morgan fingerprint density at radius 2 is 2.13 bits per heavy atom. The standard InChI is InChI=1S/C18H31NO3S/c1-6-7-8-9-16(19-23(21)18(2,3)4)14-10-12-15(13-11-14)17(20)22-5/h10-12,15-16,19H,6-9,13H2,1-5H3/t15?,16-,23-/m1/s1. The number of allylic oxidation sites excluding steroid dienone is 1. The smallest absolute Gasteiger partial charge is 0.312 e. The molecule has 23 heavy (non-hydrogen) atoms. The number of hydrogen-bond donors (Lipinski definition) is 1. The molecule has 0 aromatic heterocycles. The first kappa shape index (κ1) is 20.1. The number of hydrogen-bond acceptors (Lipinski definition) is 3. The van der Waals surface area contributed by atoms with Crippen LogP contribution in [0.4, 0.5) is 0 Å². The Morgan fingerprint density at radius 1 is 1.43 bits per heavy atom. The molecule has 0 heterocycles. The minimum Gasteiger partial charge on any atom is -0.469 e. The molecule has 3 atom stereocenters. The van der Waals surface area contributed by atoms with Crippen LogP contribution < -0.4 is 4.72 Å². The van der Waals surface area contributed by atoms with Crippen LogP contribution in [0.3, 0.4) is 0 Å². The molecule has 1 unspecified atom stereocenters. The normalized spacial score (nSPS) is 20.7. The number of nitrogens with one attached hydrogen (secondary N) is 1. The Bertz CT molecular complexity index is 477. The van der Waals surface area contributed by atoms with Crippen molar-refractivity contribution in [3.8, 4) is 0 Å². The number of esters is 1. The van der Waals surface area contributed by atoms with Gasteiger partial charge in [-0.05, 0) is 39.2 Å². The van der Waals surface area contributed by atoms with Gasteiger partial charge in [-0.2, -0.15) is 0 Å². The molecule has 0 saturated heterocycles. The van der Waals surface area contributed by atoms with E-state index < -0.39 is 11.0 Å². The fourth-order valence-corrected chi connectivity index (χ4v) is 3.29. The summed E-state index contributed by atoms with van der Waals surface area (Å²) in [6.45, 7) is 8.09. The summed E-state index contributed by atoms with van der Waals surface area (Å²) in [6.07, 6.45) is 11.0. The van der Waals surface area contributed by atoms with E-state index in [0.29, 0.717) is 6.42 Å². The fourth-order valence-electron chi connectivity index (χ4n) is 2.42. The SMILES string of the molecule is CCCCC[C@@H](N[S@](=O)C(C)(C)C)C1=CCC(C(=O)OC)C=C1. The fraction of sp³-hybridized carbons (Fsp3) is 0.722. The highest BCUT2D eigenvalue weighted by Gasteiger charge is 2.26. The molecule has 1 N–H and O–H groups in total. The molecule has 0 aromatic carbocycles. The van der Waals surface area contributed by atoms with Gasteiger partial charge in [0.1, 0.15) is 0 Å². The van der Waals surface area contributed by atoms with Crippen molar-refractivity contribution in [1.29, 1.82) is 0 Å². The predicted molar refractivity (Wildman–Crippen MR) is 96.3 cm³/mol. The van der Waals surface area contributed by atoms with Gasteiger partial charge in [-0.3, -0.25) is 4.79 Å². The molecule has 0 amide bonds. The van der Waals surface area contributed by atoms with Gasteiger partial charge in [0.05, 0.1) is 28.8 Å². The summed E-state index contributed by atoms with van der Waals surface area (Å²) in [6, 6.07) is 0.0662. The van der Waals surface area contributed by atoms with E-state index in [0.717, 1.165) is 24.8 Å². The lowest BCUT2D eigenvalue weighted by Crippen LogP contribution is -2.40. The maximum Gasteiger partial charge on any atom is 0.312 e. The van der Waals surface area contributed by atoms with Gasteiger partial charge < -0.3 is 4.74 Å². The van der Waals surface area contributed by atoms with Gasteiger partial charge in [0.2, 0.25) is 0 Å². The Kier molecular flexibility index (Phi) is 8.20. The molecular formula is C18H31NO3S. The molecule has 0 spiro atoms. The number of rotatable bonds is 8. The van der Waals surface area contributed by atoms with Crippen molar-refractivity contribution in [1.82, 2.24) is 4.72 Å². The Labute approximate surface area is 143 Å². The van der Waals surface area contributed by atoms with E-state index in [2.05, 4.69) is 17.7 Å². The van der Waals surface area contributed by atoms with Crippen LogP contribution in [0, 0.1) is 5.92 Å². The first-order chi connectivity index (χ1) is 10.8. The molecule has 1 aliphatic rings. The molecule has 1 aliphatic carbocycles. The highest BCUT2D eigenvalue weighted by molar-refractivity contribution is 7.84. The summed E-state index contributed by atoms with van der Waals surface area (Å²) in [4.78, 5) is 11.6. The van der Waals surface area contributed by atoms with Gasteiger partial charge in [-0.15, -0.1) is 0 Å². The van der Waals surface area contributed by atoms with E-state index in [1.54, 1.807) is 0 Å². The zero-order valence-electron chi connectivity index (χ0n) is 15.1. The lowest BCUT2D eigenvalue weighted by molar-refractivity contribution is -0.143.